The Morgan fingerprint density at radius 2 is 2.00 bits per heavy atom. The minimum Gasteiger partial charge on any atom is -0.478 e. The SMILES string of the molecule is CCC1CCN(S(=O)(=O)Cc2cccc(C(=O)O)c2)CC1. The molecule has 0 unspecified atom stereocenters. The highest BCUT2D eigenvalue weighted by Gasteiger charge is 2.27. The topological polar surface area (TPSA) is 74.7 Å². The number of carboxylic acids is 1. The van der Waals surface area contributed by atoms with Crippen LogP contribution in [0.3, 0.4) is 0 Å². The van der Waals surface area contributed by atoms with Crippen LogP contribution in [0.4, 0.5) is 0 Å². The third kappa shape index (κ3) is 4.04. The quantitative estimate of drug-likeness (QED) is 0.905. The molecule has 21 heavy (non-hydrogen) atoms. The second kappa shape index (κ2) is 6.58. The molecule has 0 bridgehead atoms. The van der Waals surface area contributed by atoms with E-state index in [0.29, 0.717) is 24.6 Å². The monoisotopic (exact) mass is 311 g/mol. The summed E-state index contributed by atoms with van der Waals surface area (Å²) < 4.78 is 26.4. The third-order valence-electron chi connectivity index (χ3n) is 4.07. The van der Waals surface area contributed by atoms with Crippen LogP contribution in [0.15, 0.2) is 24.3 Å². The summed E-state index contributed by atoms with van der Waals surface area (Å²) in [6.45, 7) is 3.27. The van der Waals surface area contributed by atoms with E-state index in [0.717, 1.165) is 19.3 Å². The number of rotatable bonds is 5. The summed E-state index contributed by atoms with van der Waals surface area (Å²) >= 11 is 0. The molecule has 0 amide bonds. The lowest BCUT2D eigenvalue weighted by Gasteiger charge is -2.30. The van der Waals surface area contributed by atoms with E-state index >= 15 is 0 Å². The van der Waals surface area contributed by atoms with Gasteiger partial charge in [-0.05, 0) is 36.5 Å². The van der Waals surface area contributed by atoms with Crippen LogP contribution in [0.25, 0.3) is 0 Å². The van der Waals surface area contributed by atoms with Gasteiger partial charge in [0.15, 0.2) is 0 Å². The van der Waals surface area contributed by atoms with Crippen molar-refractivity contribution in [1.82, 2.24) is 4.31 Å². The van der Waals surface area contributed by atoms with Gasteiger partial charge in [0, 0.05) is 13.1 Å². The maximum atomic E-state index is 12.4. The Hall–Kier alpha value is -1.40. The van der Waals surface area contributed by atoms with Crippen molar-refractivity contribution in [2.45, 2.75) is 31.9 Å². The molecule has 1 saturated heterocycles. The summed E-state index contributed by atoms with van der Waals surface area (Å²) in [4.78, 5) is 10.9. The van der Waals surface area contributed by atoms with E-state index in [-0.39, 0.29) is 11.3 Å². The van der Waals surface area contributed by atoms with E-state index in [4.69, 9.17) is 5.11 Å². The number of nitrogens with zero attached hydrogens (tertiary/aromatic N) is 1. The largest absolute Gasteiger partial charge is 0.478 e. The van der Waals surface area contributed by atoms with Crippen LogP contribution in [0.2, 0.25) is 0 Å². The van der Waals surface area contributed by atoms with Crippen LogP contribution >= 0.6 is 0 Å². The molecule has 0 aromatic heterocycles. The van der Waals surface area contributed by atoms with E-state index in [1.807, 2.05) is 0 Å². The molecule has 6 heteroatoms. The summed E-state index contributed by atoms with van der Waals surface area (Å²) in [6.07, 6.45) is 2.91. The molecule has 5 nitrogen and oxygen atoms in total. The zero-order valence-electron chi connectivity index (χ0n) is 12.2. The van der Waals surface area contributed by atoms with Gasteiger partial charge in [0.05, 0.1) is 11.3 Å². The molecule has 1 aromatic carbocycles. The van der Waals surface area contributed by atoms with Crippen LogP contribution in [0, 0.1) is 5.92 Å². The molecular weight excluding hydrogens is 290 g/mol. The smallest absolute Gasteiger partial charge is 0.335 e. The first-order valence-electron chi connectivity index (χ1n) is 7.22. The Morgan fingerprint density at radius 3 is 2.57 bits per heavy atom. The molecule has 1 aliphatic heterocycles. The number of hydrogen-bond acceptors (Lipinski definition) is 3. The summed E-state index contributed by atoms with van der Waals surface area (Å²) in [5.41, 5.74) is 0.639. The van der Waals surface area contributed by atoms with E-state index in [9.17, 15) is 13.2 Å². The maximum absolute atomic E-state index is 12.4. The first-order valence-corrected chi connectivity index (χ1v) is 8.83. The summed E-state index contributed by atoms with van der Waals surface area (Å²) in [7, 11) is -3.37. The Bertz CT molecular complexity index is 604. The lowest BCUT2D eigenvalue weighted by Crippen LogP contribution is -2.39. The van der Waals surface area contributed by atoms with Gasteiger partial charge in [0.25, 0.3) is 0 Å². The third-order valence-corrected chi connectivity index (χ3v) is 5.92. The minimum absolute atomic E-state index is 0.118. The molecule has 0 saturated carbocycles. The second-order valence-corrected chi connectivity index (χ2v) is 7.48. The van der Waals surface area contributed by atoms with Crippen LogP contribution in [0.5, 0.6) is 0 Å². The van der Waals surface area contributed by atoms with E-state index in [1.54, 1.807) is 12.1 Å². The van der Waals surface area contributed by atoms with Crippen LogP contribution in [-0.2, 0) is 15.8 Å². The van der Waals surface area contributed by atoms with Gasteiger partial charge in [0.1, 0.15) is 0 Å². The van der Waals surface area contributed by atoms with E-state index < -0.39 is 16.0 Å². The molecule has 1 fully saturated rings. The molecular formula is C15H21NO4S. The lowest BCUT2D eigenvalue weighted by atomic mass is 9.96. The van der Waals surface area contributed by atoms with Crippen molar-refractivity contribution in [2.75, 3.05) is 13.1 Å². The van der Waals surface area contributed by atoms with Crippen molar-refractivity contribution in [1.29, 1.82) is 0 Å². The number of carboxylic acid groups (broad SMARTS) is 1. The van der Waals surface area contributed by atoms with Gasteiger partial charge in [-0.3, -0.25) is 0 Å². The van der Waals surface area contributed by atoms with Crippen LogP contribution in [-0.4, -0.2) is 36.9 Å². The highest BCUT2D eigenvalue weighted by atomic mass is 32.2. The molecule has 0 aliphatic carbocycles. The van der Waals surface area contributed by atoms with Crippen molar-refractivity contribution in [2.24, 2.45) is 5.92 Å². The summed E-state index contributed by atoms with van der Waals surface area (Å²) in [5.74, 6) is -0.560. The van der Waals surface area contributed by atoms with Gasteiger partial charge in [-0.1, -0.05) is 25.5 Å². The first kappa shape index (κ1) is 16.0. The van der Waals surface area contributed by atoms with E-state index in [1.165, 1.54) is 16.4 Å². The molecule has 0 atom stereocenters. The zero-order valence-corrected chi connectivity index (χ0v) is 13.0. The van der Waals surface area contributed by atoms with Crippen molar-refractivity contribution < 1.29 is 18.3 Å². The van der Waals surface area contributed by atoms with Gasteiger partial charge in [-0.2, -0.15) is 0 Å². The number of carbonyl (C=O) groups is 1. The molecule has 0 spiro atoms. The van der Waals surface area contributed by atoms with Crippen molar-refractivity contribution in [3.63, 3.8) is 0 Å². The standard InChI is InChI=1S/C15H21NO4S/c1-2-12-6-8-16(9-7-12)21(19,20)11-13-4-3-5-14(10-13)15(17)18/h3-5,10,12H,2,6-9,11H2,1H3,(H,17,18). The average molecular weight is 311 g/mol. The molecule has 1 heterocycles. The van der Waals surface area contributed by atoms with Gasteiger partial charge < -0.3 is 5.11 Å². The fraction of sp³-hybridized carbons (Fsp3) is 0.533. The number of benzene rings is 1. The summed E-state index contributed by atoms with van der Waals surface area (Å²) in [5, 5.41) is 8.95. The van der Waals surface area contributed by atoms with E-state index in [2.05, 4.69) is 6.92 Å². The van der Waals surface area contributed by atoms with Crippen molar-refractivity contribution in [3.05, 3.63) is 35.4 Å². The van der Waals surface area contributed by atoms with Crippen molar-refractivity contribution in [3.8, 4) is 0 Å². The highest BCUT2D eigenvalue weighted by molar-refractivity contribution is 7.88. The summed E-state index contributed by atoms with van der Waals surface area (Å²) in [6, 6.07) is 6.13. The molecule has 2 rings (SSSR count). The van der Waals surface area contributed by atoms with Crippen LogP contribution in [0.1, 0.15) is 42.1 Å². The molecule has 1 aromatic rings. The fourth-order valence-electron chi connectivity index (χ4n) is 2.69. The first-order chi connectivity index (χ1) is 9.92. The molecule has 116 valence electrons. The van der Waals surface area contributed by atoms with Crippen molar-refractivity contribution >= 4 is 16.0 Å². The number of sulfonamides is 1. The Labute approximate surface area is 125 Å². The van der Waals surface area contributed by atoms with Crippen LogP contribution < -0.4 is 0 Å². The van der Waals surface area contributed by atoms with Gasteiger partial charge >= 0.3 is 5.97 Å². The second-order valence-electron chi connectivity index (χ2n) is 5.51. The number of aromatic carboxylic acids is 1. The molecule has 1 N–H and O–H groups in total. The molecule has 1 aliphatic rings. The zero-order chi connectivity index (χ0) is 15.5. The highest BCUT2D eigenvalue weighted by Crippen LogP contribution is 2.23. The molecule has 0 radical (unpaired) electrons. The predicted molar refractivity (Wildman–Crippen MR) is 80.6 cm³/mol. The maximum Gasteiger partial charge on any atom is 0.335 e. The predicted octanol–water partition coefficient (Wildman–Crippen LogP) is 2.34. The van der Waals surface area contributed by atoms with Gasteiger partial charge in [0.2, 0.25) is 10.0 Å². The minimum atomic E-state index is -3.37. The van der Waals surface area contributed by atoms with Gasteiger partial charge in [-0.15, -0.1) is 0 Å². The number of hydrogen-bond donors (Lipinski definition) is 1. The number of piperidine rings is 1. The Balaban J connectivity index is 2.07. The fourth-order valence-corrected chi connectivity index (χ4v) is 4.24. The Morgan fingerprint density at radius 1 is 1.33 bits per heavy atom. The average Bonchev–Trinajstić information content (AvgIpc) is 2.47. The van der Waals surface area contributed by atoms with Gasteiger partial charge in [-0.25, -0.2) is 17.5 Å². The normalized spacial score (nSPS) is 17.8. The lowest BCUT2D eigenvalue weighted by molar-refractivity contribution is 0.0696. The Kier molecular flexibility index (Phi) is 5.00.